The molecule has 1 saturated heterocycles. The van der Waals surface area contributed by atoms with E-state index in [4.69, 9.17) is 5.11 Å². The summed E-state index contributed by atoms with van der Waals surface area (Å²) in [6.07, 6.45) is 1.45. The zero-order valence-corrected chi connectivity index (χ0v) is 8.32. The number of aliphatic carboxylic acids is 1. The van der Waals surface area contributed by atoms with E-state index in [9.17, 15) is 9.59 Å². The van der Waals surface area contributed by atoms with Gasteiger partial charge in [-0.2, -0.15) is 0 Å². The van der Waals surface area contributed by atoms with Crippen LogP contribution >= 0.6 is 0 Å². The van der Waals surface area contributed by atoms with Crippen molar-refractivity contribution in [3.63, 3.8) is 0 Å². The Morgan fingerprint density at radius 1 is 1.71 bits per heavy atom. The van der Waals surface area contributed by atoms with Gasteiger partial charge in [-0.05, 0) is 12.8 Å². The normalized spacial score (nSPS) is 18.9. The van der Waals surface area contributed by atoms with Crippen LogP contribution in [0.2, 0.25) is 0 Å². The molecule has 1 unspecified atom stereocenters. The van der Waals surface area contributed by atoms with Crippen LogP contribution in [0.4, 0.5) is 4.79 Å². The number of amides is 2. The van der Waals surface area contributed by atoms with Crippen LogP contribution in [0.5, 0.6) is 0 Å². The van der Waals surface area contributed by atoms with Crippen LogP contribution in [0.1, 0.15) is 19.8 Å². The summed E-state index contributed by atoms with van der Waals surface area (Å²) in [6, 6.07) is -0.0751. The molecule has 0 aromatic heterocycles. The quantitative estimate of drug-likeness (QED) is 0.694. The number of carboxylic acids is 1. The average Bonchev–Trinajstić information content (AvgIpc) is 2.16. The predicted octanol–water partition coefficient (Wildman–Crippen LogP) is 0.513. The minimum absolute atomic E-state index is 0.0751. The molecule has 1 heterocycles. The van der Waals surface area contributed by atoms with Crippen molar-refractivity contribution in [1.29, 1.82) is 0 Å². The molecule has 0 saturated carbocycles. The lowest BCUT2D eigenvalue weighted by molar-refractivity contribution is -0.141. The van der Waals surface area contributed by atoms with E-state index in [1.165, 1.54) is 0 Å². The first-order valence-electron chi connectivity index (χ1n) is 4.87. The van der Waals surface area contributed by atoms with Gasteiger partial charge in [-0.3, -0.25) is 4.79 Å². The number of hydrogen-bond acceptors (Lipinski definition) is 2. The number of nitrogens with one attached hydrogen (secondary N) is 1. The Morgan fingerprint density at radius 2 is 2.43 bits per heavy atom. The van der Waals surface area contributed by atoms with E-state index < -0.39 is 5.97 Å². The zero-order valence-electron chi connectivity index (χ0n) is 8.32. The van der Waals surface area contributed by atoms with Crippen molar-refractivity contribution < 1.29 is 14.7 Å². The number of rotatable bonds is 4. The lowest BCUT2D eigenvalue weighted by atomic mass is 10.1. The van der Waals surface area contributed by atoms with Crippen molar-refractivity contribution >= 4 is 12.0 Å². The van der Waals surface area contributed by atoms with Crippen LogP contribution in [0, 0.1) is 5.92 Å². The van der Waals surface area contributed by atoms with Crippen LogP contribution in [0.15, 0.2) is 0 Å². The Morgan fingerprint density at radius 3 is 3.00 bits per heavy atom. The molecule has 14 heavy (non-hydrogen) atoms. The third-order valence-corrected chi connectivity index (χ3v) is 2.42. The molecule has 0 bridgehead atoms. The summed E-state index contributed by atoms with van der Waals surface area (Å²) in [4.78, 5) is 23.4. The Balaban J connectivity index is 2.29. The summed E-state index contributed by atoms with van der Waals surface area (Å²) in [5, 5.41) is 11.4. The Bertz CT molecular complexity index is 230. The van der Waals surface area contributed by atoms with Gasteiger partial charge >= 0.3 is 12.0 Å². The second kappa shape index (κ2) is 4.83. The highest BCUT2D eigenvalue weighted by molar-refractivity contribution is 5.75. The molecule has 80 valence electrons. The van der Waals surface area contributed by atoms with Gasteiger partial charge < -0.3 is 15.3 Å². The molecule has 1 atom stereocenters. The number of carboxylic acid groups (broad SMARTS) is 1. The van der Waals surface area contributed by atoms with Crippen molar-refractivity contribution in [2.75, 3.05) is 19.6 Å². The lowest BCUT2D eigenvalue weighted by Crippen LogP contribution is -2.47. The van der Waals surface area contributed by atoms with Gasteiger partial charge in [-0.1, -0.05) is 6.92 Å². The smallest absolute Gasteiger partial charge is 0.317 e. The van der Waals surface area contributed by atoms with E-state index in [-0.39, 0.29) is 11.9 Å². The number of hydrogen-bond donors (Lipinski definition) is 2. The fourth-order valence-corrected chi connectivity index (χ4v) is 1.36. The van der Waals surface area contributed by atoms with Crippen LogP contribution in [0.25, 0.3) is 0 Å². The third-order valence-electron chi connectivity index (χ3n) is 2.42. The summed E-state index contributed by atoms with van der Waals surface area (Å²) in [5.74, 6) is -1.19. The summed E-state index contributed by atoms with van der Waals surface area (Å²) < 4.78 is 0. The highest BCUT2D eigenvalue weighted by Gasteiger charge is 2.19. The standard InChI is InChI=1S/C9H16N2O3/c1-7(8(12)13)3-6-11-5-2-4-10-9(11)14/h7H,2-6H2,1H3,(H,10,14)(H,12,13). The first-order chi connectivity index (χ1) is 6.61. The van der Waals surface area contributed by atoms with E-state index in [0.717, 1.165) is 19.5 Å². The van der Waals surface area contributed by atoms with E-state index in [2.05, 4.69) is 5.32 Å². The minimum atomic E-state index is -0.803. The Hall–Kier alpha value is -1.26. The lowest BCUT2D eigenvalue weighted by Gasteiger charge is -2.27. The highest BCUT2D eigenvalue weighted by atomic mass is 16.4. The van der Waals surface area contributed by atoms with Gasteiger partial charge in [0.15, 0.2) is 0 Å². The molecule has 0 spiro atoms. The molecule has 1 aliphatic rings. The molecule has 1 rings (SSSR count). The highest BCUT2D eigenvalue weighted by Crippen LogP contribution is 2.06. The molecule has 1 aliphatic heterocycles. The van der Waals surface area contributed by atoms with Gasteiger partial charge in [0.25, 0.3) is 0 Å². The van der Waals surface area contributed by atoms with Gasteiger partial charge in [0, 0.05) is 19.6 Å². The van der Waals surface area contributed by atoms with Crippen LogP contribution in [0.3, 0.4) is 0 Å². The first-order valence-corrected chi connectivity index (χ1v) is 4.87. The number of urea groups is 1. The van der Waals surface area contributed by atoms with Crippen molar-refractivity contribution in [2.45, 2.75) is 19.8 Å². The fraction of sp³-hybridized carbons (Fsp3) is 0.778. The van der Waals surface area contributed by atoms with Crippen LogP contribution in [-0.4, -0.2) is 41.6 Å². The largest absolute Gasteiger partial charge is 0.481 e. The third kappa shape index (κ3) is 2.90. The second-order valence-electron chi connectivity index (χ2n) is 3.60. The molecule has 2 amide bonds. The van der Waals surface area contributed by atoms with Gasteiger partial charge in [-0.15, -0.1) is 0 Å². The summed E-state index contributed by atoms with van der Waals surface area (Å²) in [7, 11) is 0. The van der Waals surface area contributed by atoms with E-state index >= 15 is 0 Å². The van der Waals surface area contributed by atoms with Gasteiger partial charge in [0.2, 0.25) is 0 Å². The van der Waals surface area contributed by atoms with E-state index in [1.807, 2.05) is 0 Å². The molecule has 5 nitrogen and oxygen atoms in total. The maximum Gasteiger partial charge on any atom is 0.317 e. The molecular formula is C9H16N2O3. The van der Waals surface area contributed by atoms with Gasteiger partial charge in [0.1, 0.15) is 0 Å². The van der Waals surface area contributed by atoms with Crippen LogP contribution in [-0.2, 0) is 4.79 Å². The maximum atomic E-state index is 11.2. The summed E-state index contributed by atoms with van der Waals surface area (Å²) >= 11 is 0. The second-order valence-corrected chi connectivity index (χ2v) is 3.60. The SMILES string of the molecule is CC(CCN1CCCNC1=O)C(=O)O. The number of carbonyl (C=O) groups is 2. The molecule has 0 radical (unpaired) electrons. The summed E-state index contributed by atoms with van der Waals surface area (Å²) in [6.45, 7) is 3.64. The van der Waals surface area contributed by atoms with Crippen molar-refractivity contribution in [3.8, 4) is 0 Å². The maximum absolute atomic E-state index is 11.2. The van der Waals surface area contributed by atoms with Crippen molar-refractivity contribution in [3.05, 3.63) is 0 Å². The minimum Gasteiger partial charge on any atom is -0.481 e. The van der Waals surface area contributed by atoms with E-state index in [0.29, 0.717) is 13.0 Å². The topological polar surface area (TPSA) is 69.6 Å². The molecule has 2 N–H and O–H groups in total. The zero-order chi connectivity index (χ0) is 10.6. The summed E-state index contributed by atoms with van der Waals surface area (Å²) in [5.41, 5.74) is 0. The molecule has 0 aromatic carbocycles. The van der Waals surface area contributed by atoms with Gasteiger partial charge in [0.05, 0.1) is 5.92 Å². The van der Waals surface area contributed by atoms with Gasteiger partial charge in [-0.25, -0.2) is 4.79 Å². The molecular weight excluding hydrogens is 184 g/mol. The molecule has 5 heteroatoms. The Labute approximate surface area is 83.1 Å². The average molecular weight is 200 g/mol. The fourth-order valence-electron chi connectivity index (χ4n) is 1.36. The van der Waals surface area contributed by atoms with Crippen molar-refractivity contribution in [2.24, 2.45) is 5.92 Å². The number of carbonyl (C=O) groups excluding carboxylic acids is 1. The Kier molecular flexibility index (Phi) is 3.73. The van der Waals surface area contributed by atoms with Crippen molar-refractivity contribution in [1.82, 2.24) is 10.2 Å². The number of nitrogens with zero attached hydrogens (tertiary/aromatic N) is 1. The van der Waals surface area contributed by atoms with E-state index in [1.54, 1.807) is 11.8 Å². The first kappa shape index (κ1) is 10.8. The monoisotopic (exact) mass is 200 g/mol. The molecule has 1 fully saturated rings. The molecule has 0 aromatic rings. The molecule has 0 aliphatic carbocycles. The predicted molar refractivity (Wildman–Crippen MR) is 51.0 cm³/mol. The van der Waals surface area contributed by atoms with Crippen LogP contribution < -0.4 is 5.32 Å².